The normalized spacial score (nSPS) is 21.0. The smallest absolute Gasteiger partial charge is 0.246 e. The zero-order valence-corrected chi connectivity index (χ0v) is 19.0. The van der Waals surface area contributed by atoms with Gasteiger partial charge >= 0.3 is 0 Å². The molecule has 2 aromatic carbocycles. The Balaban J connectivity index is 1.55. The summed E-state index contributed by atoms with van der Waals surface area (Å²) < 4.78 is 5.40. The lowest BCUT2D eigenvalue weighted by atomic mass is 9.86. The summed E-state index contributed by atoms with van der Waals surface area (Å²) in [5, 5.41) is 20.7. The number of aromatic nitrogens is 1. The Morgan fingerprint density at radius 1 is 1.18 bits per heavy atom. The van der Waals surface area contributed by atoms with Crippen molar-refractivity contribution in [1.29, 1.82) is 0 Å². The first kappa shape index (κ1) is 22.5. The van der Waals surface area contributed by atoms with Crippen molar-refractivity contribution in [3.8, 4) is 0 Å². The zero-order chi connectivity index (χ0) is 23.8. The fraction of sp³-hybridized carbons (Fsp3) is 0.360. The number of para-hydroxylation sites is 1. The van der Waals surface area contributed by atoms with E-state index in [0.717, 1.165) is 27.7 Å². The SMILES string of the molecule is CCOCCCN1CC(=O)N2C(c3ccc([NH+]([O-])O)cc3)c3[nH]c4ccccc4c3C[C@H]2C1=O. The lowest BCUT2D eigenvalue weighted by molar-refractivity contribution is -0.991. The largest absolute Gasteiger partial charge is 0.595 e. The van der Waals surface area contributed by atoms with Crippen LogP contribution in [0.5, 0.6) is 0 Å². The molecule has 3 heterocycles. The van der Waals surface area contributed by atoms with Crippen LogP contribution in [-0.2, 0) is 20.7 Å². The minimum atomic E-state index is -1.01. The number of hydrogen-bond acceptors (Lipinski definition) is 5. The van der Waals surface area contributed by atoms with Gasteiger partial charge in [-0.25, -0.2) is 5.21 Å². The highest BCUT2D eigenvalue weighted by Crippen LogP contribution is 2.42. The number of ether oxygens (including phenoxy) is 1. The van der Waals surface area contributed by atoms with Crippen LogP contribution in [-0.4, -0.2) is 64.2 Å². The van der Waals surface area contributed by atoms with Crippen LogP contribution in [0.1, 0.15) is 36.2 Å². The first-order valence-corrected chi connectivity index (χ1v) is 11.6. The van der Waals surface area contributed by atoms with E-state index in [1.54, 1.807) is 34.1 Å². The van der Waals surface area contributed by atoms with Gasteiger partial charge in [0.25, 0.3) is 0 Å². The Morgan fingerprint density at radius 3 is 2.68 bits per heavy atom. The summed E-state index contributed by atoms with van der Waals surface area (Å²) in [5.41, 5.74) is 3.81. The van der Waals surface area contributed by atoms with Crippen LogP contribution in [0.2, 0.25) is 0 Å². The number of aromatic amines is 1. The van der Waals surface area contributed by atoms with Crippen LogP contribution in [0.15, 0.2) is 48.5 Å². The zero-order valence-electron chi connectivity index (χ0n) is 19.0. The minimum absolute atomic E-state index is 0.0285. The van der Waals surface area contributed by atoms with E-state index in [0.29, 0.717) is 32.6 Å². The number of carbonyl (C=O) groups is 2. The van der Waals surface area contributed by atoms with Crippen LogP contribution in [0.4, 0.5) is 5.69 Å². The number of fused-ring (bicyclic) bond motifs is 4. The third-order valence-electron chi connectivity index (χ3n) is 6.74. The molecule has 2 aliphatic heterocycles. The first-order chi connectivity index (χ1) is 16.5. The third kappa shape index (κ3) is 3.86. The van der Waals surface area contributed by atoms with Crippen molar-refractivity contribution in [3.63, 3.8) is 0 Å². The summed E-state index contributed by atoms with van der Waals surface area (Å²) in [6, 6.07) is 13.4. The van der Waals surface area contributed by atoms with Crippen molar-refractivity contribution in [1.82, 2.24) is 14.8 Å². The number of nitrogens with zero attached hydrogens (tertiary/aromatic N) is 2. The predicted molar refractivity (Wildman–Crippen MR) is 124 cm³/mol. The molecule has 1 fully saturated rings. The van der Waals surface area contributed by atoms with Gasteiger partial charge in [0.1, 0.15) is 6.04 Å². The van der Waals surface area contributed by atoms with Gasteiger partial charge < -0.3 is 24.7 Å². The highest BCUT2D eigenvalue weighted by Gasteiger charge is 2.48. The second kappa shape index (κ2) is 9.19. The van der Waals surface area contributed by atoms with Crippen LogP contribution < -0.4 is 5.23 Å². The highest BCUT2D eigenvalue weighted by atomic mass is 16.8. The molecule has 2 unspecified atom stereocenters. The Hall–Kier alpha value is -3.24. The molecule has 9 heteroatoms. The number of rotatable bonds is 7. The second-order valence-corrected chi connectivity index (χ2v) is 8.72. The van der Waals surface area contributed by atoms with Crippen molar-refractivity contribution in [2.75, 3.05) is 26.3 Å². The van der Waals surface area contributed by atoms with E-state index >= 15 is 0 Å². The Labute approximate surface area is 197 Å². The van der Waals surface area contributed by atoms with Crippen molar-refractivity contribution in [3.05, 3.63) is 70.6 Å². The van der Waals surface area contributed by atoms with Gasteiger partial charge in [-0.15, -0.1) is 0 Å². The molecule has 0 radical (unpaired) electrons. The number of piperazine rings is 1. The number of carbonyl (C=O) groups excluding carboxylic acids is 2. The summed E-state index contributed by atoms with van der Waals surface area (Å²) in [4.78, 5) is 33.8. The fourth-order valence-corrected chi connectivity index (χ4v) is 5.17. The number of nitrogens with one attached hydrogen (secondary N) is 2. The lowest BCUT2D eigenvalue weighted by Crippen LogP contribution is -2.99. The van der Waals surface area contributed by atoms with Crippen molar-refractivity contribution in [2.45, 2.75) is 31.8 Å². The maximum absolute atomic E-state index is 13.6. The molecule has 0 saturated carbocycles. The number of amides is 2. The molecule has 34 heavy (non-hydrogen) atoms. The molecular formula is C25H28N4O5. The third-order valence-corrected chi connectivity index (χ3v) is 6.74. The molecule has 9 nitrogen and oxygen atoms in total. The van der Waals surface area contributed by atoms with E-state index in [4.69, 9.17) is 4.74 Å². The maximum Gasteiger partial charge on any atom is 0.246 e. The van der Waals surface area contributed by atoms with Gasteiger partial charge in [0, 0.05) is 54.9 Å². The molecule has 1 saturated heterocycles. The van der Waals surface area contributed by atoms with Crippen molar-refractivity contribution in [2.24, 2.45) is 0 Å². The van der Waals surface area contributed by atoms with E-state index in [1.165, 1.54) is 0 Å². The summed E-state index contributed by atoms with van der Waals surface area (Å²) >= 11 is 0. The number of H-pyrrole nitrogens is 1. The first-order valence-electron chi connectivity index (χ1n) is 11.6. The molecule has 1 aromatic heterocycles. The number of benzene rings is 2. The molecule has 5 rings (SSSR count). The van der Waals surface area contributed by atoms with E-state index in [1.807, 2.05) is 31.2 Å². The predicted octanol–water partition coefficient (Wildman–Crippen LogP) is 1.68. The molecule has 0 spiro atoms. The average Bonchev–Trinajstić information content (AvgIpc) is 3.22. The van der Waals surface area contributed by atoms with Crippen molar-refractivity contribution < 1.29 is 24.8 Å². The molecule has 2 amide bonds. The van der Waals surface area contributed by atoms with Crippen LogP contribution in [0.25, 0.3) is 10.9 Å². The topological polar surface area (TPSA) is 113 Å². The van der Waals surface area contributed by atoms with Gasteiger partial charge in [-0.2, -0.15) is 5.23 Å². The molecular weight excluding hydrogens is 436 g/mol. The molecule has 0 bridgehead atoms. The fourth-order valence-electron chi connectivity index (χ4n) is 5.17. The lowest BCUT2D eigenvalue weighted by Gasteiger charge is -2.47. The maximum atomic E-state index is 13.6. The van der Waals surface area contributed by atoms with Crippen LogP contribution >= 0.6 is 0 Å². The van der Waals surface area contributed by atoms with Crippen LogP contribution in [0, 0.1) is 5.21 Å². The monoisotopic (exact) mass is 464 g/mol. The Bertz CT molecular complexity index is 1210. The van der Waals surface area contributed by atoms with Crippen molar-refractivity contribution >= 4 is 28.4 Å². The molecule has 0 aliphatic carbocycles. The standard InChI is InChI=1S/C25H28N4O5/c1-2-34-13-5-12-27-15-22(30)28-21(25(27)31)14-19-18-6-3-4-7-20(18)26-23(19)24(28)16-8-10-17(11-9-16)29(32)33/h3-4,6-11,21,24,26,29,32H,2,5,12-15H2,1H3/t21-,24?/m0/s1. The van der Waals surface area contributed by atoms with Crippen LogP contribution in [0.3, 0.4) is 0 Å². The summed E-state index contributed by atoms with van der Waals surface area (Å²) in [5.74, 6) is -0.170. The van der Waals surface area contributed by atoms with E-state index in [9.17, 15) is 20.0 Å². The van der Waals surface area contributed by atoms with Gasteiger partial charge in [0.2, 0.25) is 11.8 Å². The molecule has 3 aromatic rings. The Kier molecular flexibility index (Phi) is 6.09. The summed E-state index contributed by atoms with van der Waals surface area (Å²) in [6.45, 7) is 3.61. The summed E-state index contributed by atoms with van der Waals surface area (Å²) in [6.07, 6.45) is 1.12. The summed E-state index contributed by atoms with van der Waals surface area (Å²) in [7, 11) is 0. The average molecular weight is 465 g/mol. The van der Waals surface area contributed by atoms with Gasteiger partial charge in [0.05, 0.1) is 12.6 Å². The van der Waals surface area contributed by atoms with Gasteiger partial charge in [-0.05, 0) is 30.5 Å². The second-order valence-electron chi connectivity index (χ2n) is 8.72. The van der Waals surface area contributed by atoms with Gasteiger partial charge in [-0.1, -0.05) is 30.3 Å². The number of quaternary nitrogens is 1. The van der Waals surface area contributed by atoms with E-state index in [2.05, 4.69) is 4.98 Å². The Morgan fingerprint density at radius 2 is 1.94 bits per heavy atom. The van der Waals surface area contributed by atoms with E-state index < -0.39 is 17.3 Å². The van der Waals surface area contributed by atoms with Gasteiger partial charge in [-0.3, -0.25) is 9.59 Å². The number of hydrogen-bond donors (Lipinski definition) is 3. The molecule has 3 N–H and O–H groups in total. The minimum Gasteiger partial charge on any atom is -0.595 e. The molecule has 178 valence electrons. The van der Waals surface area contributed by atoms with Gasteiger partial charge in [0.15, 0.2) is 5.69 Å². The highest BCUT2D eigenvalue weighted by molar-refractivity contribution is 5.97. The van der Waals surface area contributed by atoms with E-state index in [-0.39, 0.29) is 24.0 Å². The molecule has 3 atom stereocenters. The quantitative estimate of drug-likeness (QED) is 0.364. The molecule has 2 aliphatic rings.